The summed E-state index contributed by atoms with van der Waals surface area (Å²) >= 11 is 0. The molecule has 11 nitrogen and oxygen atoms in total. The van der Waals surface area contributed by atoms with Crippen LogP contribution in [0.5, 0.6) is 0 Å². The fourth-order valence-electron chi connectivity index (χ4n) is 8.79. The lowest BCUT2D eigenvalue weighted by atomic mass is 10.0. The number of rotatable bonds is 58. The van der Waals surface area contributed by atoms with Crippen LogP contribution in [0, 0.1) is 0 Å². The molecule has 0 aromatic rings. The largest absolute Gasteiger partial charge is 0.472 e. The topological polar surface area (TPSA) is 155 Å². The van der Waals surface area contributed by atoms with Gasteiger partial charge in [0.1, 0.15) is 12.7 Å². The Kier molecular flexibility index (Phi) is 55.1. The molecule has 0 aromatic heterocycles. The molecule has 0 aliphatic rings. The molecular weight excluding hydrogens is 952 g/mol. The summed E-state index contributed by atoms with van der Waals surface area (Å²) < 4.78 is 39.6. The number of ether oxygens (including phenoxy) is 3. The maximum Gasteiger partial charge on any atom is 0.472 e. The third-order valence-electron chi connectivity index (χ3n) is 13.5. The lowest BCUT2D eigenvalue weighted by molar-refractivity contribution is -0.161. The van der Waals surface area contributed by atoms with Gasteiger partial charge in [-0.25, -0.2) is 4.57 Å². The predicted octanol–water partition coefficient (Wildman–Crippen LogP) is 18.4. The number of carbonyl (C=O) groups is 3. The molecule has 0 fully saturated rings. The van der Waals surface area contributed by atoms with Gasteiger partial charge in [-0.2, -0.15) is 0 Å². The zero-order chi connectivity index (χ0) is 54.1. The summed E-state index contributed by atoms with van der Waals surface area (Å²) in [6, 6.07) is 0. The normalized spacial score (nSPS) is 13.5. The van der Waals surface area contributed by atoms with Gasteiger partial charge in [-0.05, 0) is 77.0 Å². The number of hydrogen-bond acceptors (Lipinski definition) is 10. The van der Waals surface area contributed by atoms with Crippen molar-refractivity contribution in [2.75, 3.05) is 26.4 Å². The molecule has 74 heavy (non-hydrogen) atoms. The fraction of sp³-hybridized carbons (Fsp3) is 0.855. The van der Waals surface area contributed by atoms with Crippen LogP contribution < -0.4 is 0 Å². The van der Waals surface area contributed by atoms with Gasteiger partial charge in [-0.15, -0.1) is 0 Å². The van der Waals surface area contributed by atoms with Crippen LogP contribution in [0.2, 0.25) is 0 Å². The summed E-state index contributed by atoms with van der Waals surface area (Å²) in [6.45, 7) is 4.65. The van der Waals surface area contributed by atoms with E-state index in [-0.39, 0.29) is 25.9 Å². The Labute approximate surface area is 454 Å². The predicted molar refractivity (Wildman–Crippen MR) is 307 cm³/mol. The molecule has 0 bridgehead atoms. The van der Waals surface area contributed by atoms with Crippen LogP contribution >= 0.6 is 7.82 Å². The van der Waals surface area contributed by atoms with Crippen LogP contribution in [-0.4, -0.2) is 66.5 Å². The molecule has 0 aliphatic carbocycles. The molecule has 0 saturated carbocycles. The van der Waals surface area contributed by atoms with E-state index >= 15 is 0 Å². The average molecular weight is 1070 g/mol. The summed E-state index contributed by atoms with van der Waals surface area (Å²) in [5, 5.41) is 9.83. The molecule has 2 N–H and O–H groups in total. The first-order valence-electron chi connectivity index (χ1n) is 30.9. The molecule has 0 amide bonds. The Morgan fingerprint density at radius 2 is 0.662 bits per heavy atom. The van der Waals surface area contributed by atoms with E-state index in [1.165, 1.54) is 154 Å². The van der Waals surface area contributed by atoms with Gasteiger partial charge in [-0.1, -0.05) is 243 Å². The molecule has 0 spiro atoms. The minimum absolute atomic E-state index is 0.164. The first kappa shape index (κ1) is 71.7. The second-order valence-corrected chi connectivity index (χ2v) is 22.3. The minimum Gasteiger partial charge on any atom is -0.462 e. The number of carbonyl (C=O) groups excluding carboxylic acids is 3. The highest BCUT2D eigenvalue weighted by Crippen LogP contribution is 2.43. The lowest BCUT2D eigenvalue weighted by Gasteiger charge is -2.21. The quantitative estimate of drug-likeness (QED) is 0.0197. The van der Waals surface area contributed by atoms with E-state index in [1.807, 2.05) is 0 Å². The van der Waals surface area contributed by atoms with Gasteiger partial charge in [-0.3, -0.25) is 23.4 Å². The summed E-state index contributed by atoms with van der Waals surface area (Å²) in [7, 11) is -4.75. The first-order valence-corrected chi connectivity index (χ1v) is 32.4. The van der Waals surface area contributed by atoms with Crippen molar-refractivity contribution in [3.05, 3.63) is 36.5 Å². The third-order valence-corrected chi connectivity index (χ3v) is 14.5. The standard InChI is InChI=1S/C62H115O11P/c1-4-7-10-13-16-19-22-25-27-28-29-30-32-35-38-41-44-47-50-53-62(66)73-59(55-69-60(64)51-48-45-42-39-36-33-24-21-18-15-12-9-6-3)57-71-74(67,68)70-56-58(54-63)72-61(65)52-49-46-43-40-37-34-31-26-23-20-17-14-11-8-5-2/h16,19,21,24-25,27,58-59,63H,4-15,17-18,20,22-23,26,28-57H2,1-3H3,(H,67,68)/b19-16-,24-21-,27-25-. The second kappa shape index (κ2) is 56.9. The molecule has 0 radical (unpaired) electrons. The van der Waals surface area contributed by atoms with Crippen molar-refractivity contribution in [2.45, 2.75) is 315 Å². The number of esters is 3. The Morgan fingerprint density at radius 1 is 0.378 bits per heavy atom. The van der Waals surface area contributed by atoms with E-state index in [4.69, 9.17) is 23.3 Å². The number of allylic oxidation sites excluding steroid dienone is 6. The smallest absolute Gasteiger partial charge is 0.462 e. The zero-order valence-corrected chi connectivity index (χ0v) is 49.0. The van der Waals surface area contributed by atoms with Crippen LogP contribution in [-0.2, 0) is 42.2 Å². The van der Waals surface area contributed by atoms with Crippen molar-refractivity contribution in [2.24, 2.45) is 0 Å². The van der Waals surface area contributed by atoms with Crippen molar-refractivity contribution in [3.63, 3.8) is 0 Å². The van der Waals surface area contributed by atoms with E-state index in [2.05, 4.69) is 57.2 Å². The number of aliphatic hydroxyl groups excluding tert-OH is 1. The first-order chi connectivity index (χ1) is 36.2. The van der Waals surface area contributed by atoms with Gasteiger partial charge in [0.15, 0.2) is 6.10 Å². The Bertz CT molecular complexity index is 1380. The van der Waals surface area contributed by atoms with Crippen LogP contribution in [0.15, 0.2) is 36.5 Å². The summed E-state index contributed by atoms with van der Waals surface area (Å²) in [5.41, 5.74) is 0. The maximum atomic E-state index is 12.9. The molecule has 3 unspecified atom stereocenters. The van der Waals surface area contributed by atoms with Gasteiger partial charge < -0.3 is 24.2 Å². The third kappa shape index (κ3) is 54.5. The molecule has 0 aliphatic heterocycles. The van der Waals surface area contributed by atoms with Gasteiger partial charge in [0, 0.05) is 19.3 Å². The minimum atomic E-state index is -4.75. The Hall–Kier alpha value is -2.30. The monoisotopic (exact) mass is 1070 g/mol. The second-order valence-electron chi connectivity index (χ2n) is 20.9. The highest BCUT2D eigenvalue weighted by molar-refractivity contribution is 7.47. The Balaban J connectivity index is 4.67. The zero-order valence-electron chi connectivity index (χ0n) is 48.1. The van der Waals surface area contributed by atoms with Crippen molar-refractivity contribution < 1.29 is 52.2 Å². The number of hydrogen-bond donors (Lipinski definition) is 2. The van der Waals surface area contributed by atoms with Crippen LogP contribution in [0.1, 0.15) is 303 Å². The molecule has 0 saturated heterocycles. The molecular formula is C62H115O11P. The number of phosphoric ester groups is 1. The number of unbranched alkanes of at least 4 members (excludes halogenated alkanes) is 35. The molecule has 12 heteroatoms. The van der Waals surface area contributed by atoms with Crippen molar-refractivity contribution in [1.82, 2.24) is 0 Å². The van der Waals surface area contributed by atoms with Crippen LogP contribution in [0.3, 0.4) is 0 Å². The molecule has 434 valence electrons. The molecule has 3 atom stereocenters. The number of phosphoric acid groups is 1. The van der Waals surface area contributed by atoms with Crippen LogP contribution in [0.25, 0.3) is 0 Å². The van der Waals surface area contributed by atoms with Crippen LogP contribution in [0.4, 0.5) is 0 Å². The van der Waals surface area contributed by atoms with E-state index < -0.39 is 57.8 Å². The van der Waals surface area contributed by atoms with Gasteiger partial charge >= 0.3 is 25.7 Å². The van der Waals surface area contributed by atoms with E-state index in [0.717, 1.165) is 89.9 Å². The highest BCUT2D eigenvalue weighted by atomic mass is 31.2. The van der Waals surface area contributed by atoms with E-state index in [9.17, 15) is 28.9 Å². The average Bonchev–Trinajstić information content (AvgIpc) is 3.39. The van der Waals surface area contributed by atoms with Gasteiger partial charge in [0.2, 0.25) is 0 Å². The summed E-state index contributed by atoms with van der Waals surface area (Å²) in [4.78, 5) is 48.6. The SMILES string of the molecule is CCCCC/C=C\C/C=C\CCCCCCCCCCCC(=O)OC(COC(=O)CCCCCCC/C=C\CCCCCC)COP(=O)(O)OCC(CO)OC(=O)CCCCCCCCCCCCCCCCC. The lowest BCUT2D eigenvalue weighted by Crippen LogP contribution is -2.30. The van der Waals surface area contributed by atoms with Gasteiger partial charge in [0.25, 0.3) is 0 Å². The van der Waals surface area contributed by atoms with Crippen molar-refractivity contribution >= 4 is 25.7 Å². The van der Waals surface area contributed by atoms with Gasteiger partial charge in [0.05, 0.1) is 19.8 Å². The molecule has 0 heterocycles. The fourth-order valence-corrected chi connectivity index (χ4v) is 9.58. The maximum absolute atomic E-state index is 12.9. The Morgan fingerprint density at radius 3 is 1.05 bits per heavy atom. The summed E-state index contributed by atoms with van der Waals surface area (Å²) in [6.07, 6.45) is 59.5. The highest BCUT2D eigenvalue weighted by Gasteiger charge is 2.28. The summed E-state index contributed by atoms with van der Waals surface area (Å²) in [5.74, 6) is -1.46. The number of aliphatic hydroxyl groups is 1. The van der Waals surface area contributed by atoms with Crippen molar-refractivity contribution in [3.8, 4) is 0 Å². The molecule has 0 aromatic carbocycles. The van der Waals surface area contributed by atoms with E-state index in [1.54, 1.807) is 0 Å². The van der Waals surface area contributed by atoms with Crippen molar-refractivity contribution in [1.29, 1.82) is 0 Å². The molecule has 0 rings (SSSR count). The van der Waals surface area contributed by atoms with E-state index in [0.29, 0.717) is 19.3 Å².